The van der Waals surface area contributed by atoms with Gasteiger partial charge in [-0.3, -0.25) is 5.41 Å². The third kappa shape index (κ3) is 5.45. The molecule has 0 saturated heterocycles. The van der Waals surface area contributed by atoms with Crippen LogP contribution in [0.3, 0.4) is 0 Å². The van der Waals surface area contributed by atoms with Crippen LogP contribution in [-0.2, 0) is 0 Å². The summed E-state index contributed by atoms with van der Waals surface area (Å²) in [4.78, 5) is 0. The molecule has 0 aliphatic rings. The summed E-state index contributed by atoms with van der Waals surface area (Å²) in [5.74, 6) is 2.53. The fourth-order valence-corrected chi connectivity index (χ4v) is 3.36. The van der Waals surface area contributed by atoms with Crippen molar-refractivity contribution in [3.05, 3.63) is 84.4 Å². The Morgan fingerprint density at radius 1 is 0.774 bits per heavy atom. The van der Waals surface area contributed by atoms with Crippen LogP contribution in [0.15, 0.2) is 83.3 Å². The van der Waals surface area contributed by atoms with Crippen molar-refractivity contribution in [3.8, 4) is 22.8 Å². The van der Waals surface area contributed by atoms with Gasteiger partial charge in [-0.1, -0.05) is 42.5 Å². The highest BCUT2D eigenvalue weighted by Crippen LogP contribution is 2.30. The van der Waals surface area contributed by atoms with Crippen molar-refractivity contribution in [1.29, 1.82) is 5.41 Å². The predicted molar refractivity (Wildman–Crippen MR) is 124 cm³/mol. The molecule has 4 rings (SSSR count). The van der Waals surface area contributed by atoms with E-state index >= 15 is 0 Å². The Kier molecular flexibility index (Phi) is 6.53. The van der Waals surface area contributed by atoms with Crippen LogP contribution in [0.5, 0.6) is 11.5 Å². The molecular formula is C26H26N2O3. The van der Waals surface area contributed by atoms with E-state index in [1.165, 1.54) is 0 Å². The van der Waals surface area contributed by atoms with Crippen LogP contribution in [0.4, 0.5) is 0 Å². The van der Waals surface area contributed by atoms with Crippen LogP contribution < -0.4 is 15.2 Å². The first-order chi connectivity index (χ1) is 15.2. The summed E-state index contributed by atoms with van der Waals surface area (Å²) in [5, 5.41) is 8.56. The summed E-state index contributed by atoms with van der Waals surface area (Å²) >= 11 is 0. The molecule has 0 atom stereocenters. The number of benzene rings is 3. The zero-order valence-corrected chi connectivity index (χ0v) is 17.3. The molecule has 158 valence electrons. The van der Waals surface area contributed by atoms with Crippen molar-refractivity contribution in [2.45, 2.75) is 19.3 Å². The average molecular weight is 415 g/mol. The van der Waals surface area contributed by atoms with Crippen LogP contribution in [-0.4, -0.2) is 19.0 Å². The van der Waals surface area contributed by atoms with Gasteiger partial charge in [0.25, 0.3) is 0 Å². The van der Waals surface area contributed by atoms with Gasteiger partial charge in [-0.2, -0.15) is 0 Å². The topological polar surface area (TPSA) is 81.5 Å². The number of hydrogen-bond donors (Lipinski definition) is 2. The number of rotatable bonds is 10. The van der Waals surface area contributed by atoms with E-state index in [9.17, 15) is 0 Å². The first-order valence-corrected chi connectivity index (χ1v) is 10.5. The number of nitrogens with two attached hydrogens (primary N) is 1. The second-order valence-corrected chi connectivity index (χ2v) is 7.38. The number of nitrogens with one attached hydrogen (secondary N) is 1. The highest BCUT2D eigenvalue weighted by atomic mass is 16.5. The van der Waals surface area contributed by atoms with E-state index in [1.54, 1.807) is 6.07 Å². The Hall–Kier alpha value is -3.73. The van der Waals surface area contributed by atoms with E-state index in [4.69, 9.17) is 25.0 Å². The van der Waals surface area contributed by atoms with Crippen molar-refractivity contribution >= 4 is 16.8 Å². The monoisotopic (exact) mass is 414 g/mol. The van der Waals surface area contributed by atoms with E-state index in [0.29, 0.717) is 17.8 Å². The minimum atomic E-state index is 0.0295. The number of ether oxygens (including phenoxy) is 2. The van der Waals surface area contributed by atoms with E-state index in [0.717, 1.165) is 54.1 Å². The van der Waals surface area contributed by atoms with Crippen LogP contribution in [0.2, 0.25) is 0 Å². The molecule has 1 aromatic heterocycles. The third-order valence-corrected chi connectivity index (χ3v) is 5.02. The van der Waals surface area contributed by atoms with Gasteiger partial charge in [0.2, 0.25) is 0 Å². The first kappa shape index (κ1) is 20.5. The van der Waals surface area contributed by atoms with Crippen molar-refractivity contribution in [2.24, 2.45) is 5.73 Å². The summed E-state index contributed by atoms with van der Waals surface area (Å²) in [6, 6.07) is 25.3. The second kappa shape index (κ2) is 9.85. The quantitative estimate of drug-likeness (QED) is 0.189. The molecule has 0 aliphatic heterocycles. The maximum Gasteiger partial charge on any atom is 0.135 e. The summed E-state index contributed by atoms with van der Waals surface area (Å²) in [5.41, 5.74) is 7.89. The van der Waals surface area contributed by atoms with Gasteiger partial charge in [-0.15, -0.1) is 0 Å². The molecule has 5 nitrogen and oxygen atoms in total. The lowest BCUT2D eigenvalue weighted by Gasteiger charge is -2.08. The number of para-hydroxylation sites is 1. The molecule has 0 radical (unpaired) electrons. The minimum Gasteiger partial charge on any atom is -0.494 e. The summed E-state index contributed by atoms with van der Waals surface area (Å²) < 4.78 is 17.6. The van der Waals surface area contributed by atoms with Gasteiger partial charge in [0, 0.05) is 16.5 Å². The smallest absolute Gasteiger partial charge is 0.135 e. The molecule has 0 saturated carbocycles. The van der Waals surface area contributed by atoms with Crippen molar-refractivity contribution in [3.63, 3.8) is 0 Å². The molecular weight excluding hydrogens is 388 g/mol. The molecule has 0 fully saturated rings. The van der Waals surface area contributed by atoms with Crippen molar-refractivity contribution in [2.75, 3.05) is 13.2 Å². The lowest BCUT2D eigenvalue weighted by Crippen LogP contribution is -2.10. The SMILES string of the molecule is N=C(N)c1ccc2cc(-c3cccc(OCCCCCOc4ccccc4)c3)oc2c1. The molecule has 0 unspecified atom stereocenters. The molecule has 3 aromatic carbocycles. The van der Waals surface area contributed by atoms with Gasteiger partial charge in [0.1, 0.15) is 28.7 Å². The van der Waals surface area contributed by atoms with Gasteiger partial charge < -0.3 is 19.6 Å². The molecule has 0 spiro atoms. The molecule has 5 heteroatoms. The Bertz CT molecular complexity index is 1150. The van der Waals surface area contributed by atoms with Crippen LogP contribution in [0.25, 0.3) is 22.3 Å². The maximum absolute atomic E-state index is 7.58. The zero-order valence-electron chi connectivity index (χ0n) is 17.3. The minimum absolute atomic E-state index is 0.0295. The molecule has 0 aliphatic carbocycles. The maximum atomic E-state index is 7.58. The van der Waals surface area contributed by atoms with Crippen molar-refractivity contribution in [1.82, 2.24) is 0 Å². The van der Waals surface area contributed by atoms with Crippen LogP contribution in [0.1, 0.15) is 24.8 Å². The highest BCUT2D eigenvalue weighted by molar-refractivity contribution is 5.98. The summed E-state index contributed by atoms with van der Waals surface area (Å²) in [6.07, 6.45) is 3.02. The Balaban J connectivity index is 1.27. The number of nitrogen functional groups attached to an aromatic ring is 1. The van der Waals surface area contributed by atoms with E-state index < -0.39 is 0 Å². The zero-order chi connectivity index (χ0) is 21.5. The largest absolute Gasteiger partial charge is 0.494 e. The van der Waals surface area contributed by atoms with E-state index in [1.807, 2.05) is 72.8 Å². The van der Waals surface area contributed by atoms with Crippen molar-refractivity contribution < 1.29 is 13.9 Å². The van der Waals surface area contributed by atoms with Crippen LogP contribution >= 0.6 is 0 Å². The van der Waals surface area contributed by atoms with Gasteiger partial charge in [-0.05, 0) is 55.7 Å². The Morgan fingerprint density at radius 3 is 2.29 bits per heavy atom. The molecule has 4 aromatic rings. The lowest BCUT2D eigenvalue weighted by atomic mass is 10.1. The number of unbranched alkanes of at least 4 members (excludes halogenated alkanes) is 2. The van der Waals surface area contributed by atoms with Crippen LogP contribution in [0, 0.1) is 5.41 Å². The van der Waals surface area contributed by atoms with Gasteiger partial charge in [0.05, 0.1) is 13.2 Å². The highest BCUT2D eigenvalue weighted by Gasteiger charge is 2.09. The molecule has 31 heavy (non-hydrogen) atoms. The Labute approximate surface area is 181 Å². The lowest BCUT2D eigenvalue weighted by molar-refractivity contribution is 0.279. The van der Waals surface area contributed by atoms with E-state index in [2.05, 4.69) is 0 Å². The number of hydrogen-bond acceptors (Lipinski definition) is 4. The van der Waals surface area contributed by atoms with Gasteiger partial charge in [-0.25, -0.2) is 0 Å². The van der Waals surface area contributed by atoms with Gasteiger partial charge in [0.15, 0.2) is 0 Å². The first-order valence-electron chi connectivity index (χ1n) is 10.5. The number of amidine groups is 1. The number of fused-ring (bicyclic) bond motifs is 1. The molecule has 0 bridgehead atoms. The normalized spacial score (nSPS) is 10.8. The molecule has 1 heterocycles. The molecule has 3 N–H and O–H groups in total. The van der Waals surface area contributed by atoms with E-state index in [-0.39, 0.29) is 5.84 Å². The Morgan fingerprint density at radius 2 is 1.52 bits per heavy atom. The number of furan rings is 1. The fourth-order valence-electron chi connectivity index (χ4n) is 3.36. The fraction of sp³-hybridized carbons (Fsp3) is 0.192. The summed E-state index contributed by atoms with van der Waals surface area (Å²) in [6.45, 7) is 1.38. The summed E-state index contributed by atoms with van der Waals surface area (Å²) in [7, 11) is 0. The predicted octanol–water partition coefficient (Wildman–Crippen LogP) is 6.01. The van der Waals surface area contributed by atoms with Gasteiger partial charge >= 0.3 is 0 Å². The third-order valence-electron chi connectivity index (χ3n) is 5.02. The second-order valence-electron chi connectivity index (χ2n) is 7.38. The molecule has 0 amide bonds. The standard InChI is InChI=1S/C26H26N2O3/c27-26(28)21-13-12-20-17-24(31-25(20)18-21)19-8-7-11-23(16-19)30-15-6-2-5-14-29-22-9-3-1-4-10-22/h1,3-4,7-13,16-18H,2,5-6,14-15H2,(H3,27,28). The average Bonchev–Trinajstić information content (AvgIpc) is 3.23.